The average Bonchev–Trinajstić information content (AvgIpc) is 2.81. The summed E-state index contributed by atoms with van der Waals surface area (Å²) in [7, 11) is 0. The molecule has 180 valence electrons. The van der Waals surface area contributed by atoms with E-state index in [1.54, 1.807) is 0 Å². The molecule has 1 heteroatoms. The van der Waals surface area contributed by atoms with Crippen LogP contribution in [0.5, 0.6) is 0 Å². The molecule has 0 saturated heterocycles. The summed E-state index contributed by atoms with van der Waals surface area (Å²) >= 11 is 0. The van der Waals surface area contributed by atoms with Gasteiger partial charge in [-0.25, -0.2) is 0 Å². The molecule has 1 rings (SSSR count). The fourth-order valence-corrected chi connectivity index (χ4v) is 4.38. The molecule has 0 atom stereocenters. The molecular formula is C31H52N+. The van der Waals surface area contributed by atoms with Gasteiger partial charge in [0.15, 0.2) is 0 Å². The molecule has 1 aromatic rings. The Morgan fingerprint density at radius 3 is 1.28 bits per heavy atom. The van der Waals surface area contributed by atoms with Crippen LogP contribution >= 0.6 is 0 Å². The van der Waals surface area contributed by atoms with Crippen LogP contribution in [0.25, 0.3) is 0 Å². The van der Waals surface area contributed by atoms with Crippen molar-refractivity contribution in [2.24, 2.45) is 0 Å². The van der Waals surface area contributed by atoms with Crippen molar-refractivity contribution in [2.75, 3.05) is 19.6 Å². The molecule has 0 radical (unpaired) electrons. The van der Waals surface area contributed by atoms with E-state index in [9.17, 15) is 0 Å². The predicted molar refractivity (Wildman–Crippen MR) is 145 cm³/mol. The highest BCUT2D eigenvalue weighted by atomic mass is 15.3. The Morgan fingerprint density at radius 1 is 0.531 bits per heavy atom. The van der Waals surface area contributed by atoms with Gasteiger partial charge in [-0.15, -0.1) is 0 Å². The number of allylic oxidation sites excluding steroid dienone is 6. The zero-order valence-corrected chi connectivity index (χ0v) is 21.6. The average molecular weight is 439 g/mol. The van der Waals surface area contributed by atoms with Crippen LogP contribution in [0.4, 0.5) is 0 Å². The fraction of sp³-hybridized carbons (Fsp3) is 0.613. The first kappa shape index (κ1) is 28.4. The molecule has 1 nitrogen and oxygen atoms in total. The van der Waals surface area contributed by atoms with E-state index in [-0.39, 0.29) is 0 Å². The third kappa shape index (κ3) is 14.5. The molecule has 1 aromatic carbocycles. The lowest BCUT2D eigenvalue weighted by Crippen LogP contribution is -2.49. The van der Waals surface area contributed by atoms with E-state index in [4.69, 9.17) is 0 Å². The monoisotopic (exact) mass is 438 g/mol. The second-order valence-corrected chi connectivity index (χ2v) is 9.36. The van der Waals surface area contributed by atoms with Gasteiger partial charge in [-0.2, -0.15) is 0 Å². The standard InChI is InChI=1S/C31H52N/c1-4-7-10-13-16-22-27-32(28-23-17-14-11-8-5-2,29-24-18-15-12-9-6-3)30-31-25-20-19-21-26-31/h10-15,19-21,25-26H,4-9,16-18,22-24,27-30H2,1-3H3/q+1/b13-10+,14-11+,15-12+. The van der Waals surface area contributed by atoms with Crippen molar-refractivity contribution < 1.29 is 4.48 Å². The molecule has 0 amide bonds. The van der Waals surface area contributed by atoms with Gasteiger partial charge in [-0.05, 0) is 38.5 Å². The Hall–Kier alpha value is -1.60. The minimum Gasteiger partial charge on any atom is -0.320 e. The Bertz CT molecular complexity index is 556. The zero-order valence-electron chi connectivity index (χ0n) is 21.6. The highest BCUT2D eigenvalue weighted by Gasteiger charge is 2.26. The first-order chi connectivity index (χ1) is 15.8. The summed E-state index contributed by atoms with van der Waals surface area (Å²) < 4.78 is 1.24. The molecule has 32 heavy (non-hydrogen) atoms. The molecule has 0 aliphatic rings. The Balaban J connectivity index is 2.82. The SMILES string of the molecule is CCC/C=C/CCC[N+](CCC/C=C/CCC)(CCC/C=C/CCC)Cc1ccccc1. The Kier molecular flexibility index (Phi) is 17.8. The van der Waals surface area contributed by atoms with Gasteiger partial charge >= 0.3 is 0 Å². The molecule has 0 aliphatic carbocycles. The summed E-state index contributed by atoms with van der Waals surface area (Å²) in [4.78, 5) is 0. The Labute approximate surface area is 200 Å². The Morgan fingerprint density at radius 2 is 0.906 bits per heavy atom. The van der Waals surface area contributed by atoms with E-state index in [0.717, 1.165) is 0 Å². The third-order valence-corrected chi connectivity index (χ3v) is 6.24. The maximum absolute atomic E-state index is 2.42. The van der Waals surface area contributed by atoms with E-state index in [2.05, 4.69) is 87.6 Å². The molecule has 0 N–H and O–H groups in total. The van der Waals surface area contributed by atoms with E-state index < -0.39 is 0 Å². The molecule has 0 fully saturated rings. The molecule has 0 aliphatic heterocycles. The van der Waals surface area contributed by atoms with E-state index in [1.165, 1.54) is 113 Å². The van der Waals surface area contributed by atoms with Crippen molar-refractivity contribution in [3.8, 4) is 0 Å². The van der Waals surface area contributed by atoms with E-state index >= 15 is 0 Å². The van der Waals surface area contributed by atoms with Crippen molar-refractivity contribution in [2.45, 2.75) is 104 Å². The topological polar surface area (TPSA) is 0 Å². The third-order valence-electron chi connectivity index (χ3n) is 6.24. The van der Waals surface area contributed by atoms with Crippen LogP contribution in [0.15, 0.2) is 66.8 Å². The number of unbranched alkanes of at least 4 members (excludes halogenated alkanes) is 6. The van der Waals surface area contributed by atoms with Crippen molar-refractivity contribution in [3.05, 3.63) is 72.4 Å². The first-order valence-electron chi connectivity index (χ1n) is 13.6. The molecule has 0 unspecified atom stereocenters. The second kappa shape index (κ2) is 20.0. The maximum Gasteiger partial charge on any atom is 0.104 e. The lowest BCUT2D eigenvalue weighted by molar-refractivity contribution is -0.941. The van der Waals surface area contributed by atoms with Gasteiger partial charge in [0, 0.05) is 24.8 Å². The zero-order chi connectivity index (χ0) is 23.2. The van der Waals surface area contributed by atoms with E-state index in [0.29, 0.717) is 0 Å². The fourth-order valence-electron chi connectivity index (χ4n) is 4.38. The number of nitrogens with zero attached hydrogens (tertiary/aromatic N) is 1. The minimum atomic E-state index is 1.18. The molecule has 0 heterocycles. The first-order valence-corrected chi connectivity index (χ1v) is 13.6. The lowest BCUT2D eigenvalue weighted by atomic mass is 10.1. The van der Waals surface area contributed by atoms with Crippen molar-refractivity contribution in [3.63, 3.8) is 0 Å². The molecule has 0 bridgehead atoms. The summed E-state index contributed by atoms with van der Waals surface area (Å²) in [6, 6.07) is 11.2. The van der Waals surface area contributed by atoms with Crippen molar-refractivity contribution in [1.29, 1.82) is 0 Å². The summed E-state index contributed by atoms with van der Waals surface area (Å²) in [5.41, 5.74) is 1.50. The molecule has 0 spiro atoms. The van der Waals surface area contributed by atoms with Gasteiger partial charge in [0.2, 0.25) is 0 Å². The van der Waals surface area contributed by atoms with Crippen LogP contribution in [0.2, 0.25) is 0 Å². The van der Waals surface area contributed by atoms with Crippen LogP contribution in [-0.4, -0.2) is 24.1 Å². The largest absolute Gasteiger partial charge is 0.320 e. The van der Waals surface area contributed by atoms with Crippen LogP contribution < -0.4 is 0 Å². The van der Waals surface area contributed by atoms with E-state index in [1.807, 2.05) is 0 Å². The minimum absolute atomic E-state index is 1.18. The molecule has 0 saturated carbocycles. The molecule has 0 aromatic heterocycles. The number of quaternary nitrogens is 1. The number of rotatable bonds is 20. The predicted octanol–water partition coefficient (Wildman–Crippen LogP) is 9.41. The number of benzene rings is 1. The number of hydrogen-bond donors (Lipinski definition) is 0. The van der Waals surface area contributed by atoms with Gasteiger partial charge in [0.1, 0.15) is 6.54 Å². The summed E-state index contributed by atoms with van der Waals surface area (Å²) in [5, 5.41) is 0. The van der Waals surface area contributed by atoms with Gasteiger partial charge in [0.25, 0.3) is 0 Å². The summed E-state index contributed by atoms with van der Waals surface area (Å²) in [5.74, 6) is 0. The van der Waals surface area contributed by atoms with Gasteiger partial charge in [-0.1, -0.05) is 107 Å². The van der Waals surface area contributed by atoms with Crippen molar-refractivity contribution in [1.82, 2.24) is 0 Å². The smallest absolute Gasteiger partial charge is 0.104 e. The second-order valence-electron chi connectivity index (χ2n) is 9.36. The van der Waals surface area contributed by atoms with Gasteiger partial charge in [0.05, 0.1) is 19.6 Å². The highest BCUT2D eigenvalue weighted by molar-refractivity contribution is 5.13. The molecular weight excluding hydrogens is 386 g/mol. The van der Waals surface area contributed by atoms with Crippen LogP contribution in [0, 0.1) is 0 Å². The maximum atomic E-state index is 2.42. The van der Waals surface area contributed by atoms with Gasteiger partial charge < -0.3 is 4.48 Å². The van der Waals surface area contributed by atoms with Crippen LogP contribution in [0.3, 0.4) is 0 Å². The summed E-state index contributed by atoms with van der Waals surface area (Å²) in [6.45, 7) is 11.8. The lowest BCUT2D eigenvalue weighted by Gasteiger charge is -2.39. The van der Waals surface area contributed by atoms with Crippen LogP contribution in [-0.2, 0) is 6.54 Å². The normalized spacial score (nSPS) is 12.6. The van der Waals surface area contributed by atoms with Gasteiger partial charge in [-0.3, -0.25) is 0 Å². The summed E-state index contributed by atoms with van der Waals surface area (Å²) in [6.07, 6.45) is 29.4. The highest BCUT2D eigenvalue weighted by Crippen LogP contribution is 2.20. The van der Waals surface area contributed by atoms with Crippen molar-refractivity contribution >= 4 is 0 Å². The quantitative estimate of drug-likeness (QED) is 0.108. The number of hydrogen-bond acceptors (Lipinski definition) is 0. The van der Waals surface area contributed by atoms with Crippen LogP contribution in [0.1, 0.15) is 103 Å².